The van der Waals surface area contributed by atoms with E-state index < -0.39 is 0 Å². The Hall–Kier alpha value is -1.82. The summed E-state index contributed by atoms with van der Waals surface area (Å²) in [6.07, 6.45) is 2.39. The van der Waals surface area contributed by atoms with Crippen LogP contribution in [0.25, 0.3) is 11.1 Å². The van der Waals surface area contributed by atoms with Crippen LogP contribution in [0, 0.1) is 5.82 Å². The van der Waals surface area contributed by atoms with Gasteiger partial charge in [-0.3, -0.25) is 4.98 Å². The predicted molar refractivity (Wildman–Crippen MR) is 112 cm³/mol. The number of nitrogens with zero attached hydrogens (tertiary/aromatic N) is 1. The summed E-state index contributed by atoms with van der Waals surface area (Å²) >= 11 is 0. The maximum atomic E-state index is 13.6. The van der Waals surface area contributed by atoms with Crippen molar-refractivity contribution in [3.05, 3.63) is 52.6 Å². The number of halogens is 1. The van der Waals surface area contributed by atoms with Crippen molar-refractivity contribution in [3.63, 3.8) is 0 Å². The molecule has 1 aliphatic heterocycles. The smallest absolute Gasteiger partial charge is 0.157 e. The van der Waals surface area contributed by atoms with Crippen LogP contribution in [0.1, 0.15) is 74.9 Å². The van der Waals surface area contributed by atoms with E-state index in [1.165, 1.54) is 12.1 Å². The first-order valence-electron chi connectivity index (χ1n) is 10.6. The molecular formula is C24H32FNO3. The van der Waals surface area contributed by atoms with E-state index in [2.05, 4.69) is 27.7 Å². The van der Waals surface area contributed by atoms with E-state index in [-0.39, 0.29) is 30.5 Å². The van der Waals surface area contributed by atoms with Gasteiger partial charge in [-0.15, -0.1) is 0 Å². The van der Waals surface area contributed by atoms with Gasteiger partial charge >= 0.3 is 0 Å². The van der Waals surface area contributed by atoms with Crippen LogP contribution in [-0.2, 0) is 22.5 Å². The van der Waals surface area contributed by atoms with E-state index in [1.54, 1.807) is 12.1 Å². The molecule has 0 radical (unpaired) electrons. The number of pyridine rings is 1. The van der Waals surface area contributed by atoms with E-state index >= 15 is 0 Å². The molecule has 0 atom stereocenters. The molecule has 5 heteroatoms. The topological polar surface area (TPSA) is 51.6 Å². The zero-order chi connectivity index (χ0) is 21.0. The Morgan fingerprint density at radius 2 is 1.59 bits per heavy atom. The molecular weight excluding hydrogens is 369 g/mol. The first-order chi connectivity index (χ1) is 13.9. The second-order valence-corrected chi connectivity index (χ2v) is 8.25. The Morgan fingerprint density at radius 3 is 2.14 bits per heavy atom. The molecule has 1 N–H and O–H groups in total. The van der Waals surface area contributed by atoms with Crippen LogP contribution in [0.3, 0.4) is 0 Å². The van der Waals surface area contributed by atoms with Crippen molar-refractivity contribution in [2.45, 2.75) is 71.7 Å². The first kappa shape index (κ1) is 21.9. The van der Waals surface area contributed by atoms with Crippen LogP contribution in [0.15, 0.2) is 24.3 Å². The van der Waals surface area contributed by atoms with E-state index in [4.69, 9.17) is 14.5 Å². The van der Waals surface area contributed by atoms with E-state index in [0.29, 0.717) is 13.2 Å². The third-order valence-electron chi connectivity index (χ3n) is 5.41. The lowest BCUT2D eigenvalue weighted by Gasteiger charge is -2.24. The summed E-state index contributed by atoms with van der Waals surface area (Å²) < 4.78 is 24.7. The van der Waals surface area contributed by atoms with Crippen LogP contribution in [0.5, 0.6) is 0 Å². The Labute approximate surface area is 173 Å². The molecule has 1 saturated heterocycles. The Balaban J connectivity index is 2.09. The van der Waals surface area contributed by atoms with Crippen molar-refractivity contribution in [2.75, 3.05) is 13.2 Å². The summed E-state index contributed by atoms with van der Waals surface area (Å²) in [5.41, 5.74) is 5.88. The fraction of sp³-hybridized carbons (Fsp3) is 0.542. The lowest BCUT2D eigenvalue weighted by molar-refractivity contribution is -0.0475. The predicted octanol–water partition coefficient (Wildman–Crippen LogP) is 5.32. The third-order valence-corrected chi connectivity index (χ3v) is 5.41. The van der Waals surface area contributed by atoms with Gasteiger partial charge in [0.15, 0.2) is 6.29 Å². The molecule has 1 fully saturated rings. The van der Waals surface area contributed by atoms with E-state index in [1.807, 2.05) is 0 Å². The highest BCUT2D eigenvalue weighted by atomic mass is 19.1. The van der Waals surface area contributed by atoms with E-state index in [0.717, 1.165) is 52.9 Å². The largest absolute Gasteiger partial charge is 0.392 e. The molecule has 0 amide bonds. The molecule has 0 aliphatic carbocycles. The van der Waals surface area contributed by atoms with Gasteiger partial charge in [0, 0.05) is 17.0 Å². The second-order valence-electron chi connectivity index (χ2n) is 8.25. The maximum absolute atomic E-state index is 13.6. The molecule has 158 valence electrons. The van der Waals surface area contributed by atoms with Crippen LogP contribution < -0.4 is 0 Å². The standard InChI is InChI=1S/C24H32FNO3/c1-15(2)23-19(6-5-7-21-28-12-13-29-21)22(17-8-10-18(25)11-9-17)20(14-27)24(26-23)16(3)4/h8-11,15-16,21,27H,5-7,12-14H2,1-4H3. The van der Waals surface area contributed by atoms with Gasteiger partial charge in [-0.2, -0.15) is 0 Å². The Kier molecular flexibility index (Phi) is 7.38. The van der Waals surface area contributed by atoms with Crippen molar-refractivity contribution in [1.82, 2.24) is 4.98 Å². The van der Waals surface area contributed by atoms with E-state index in [9.17, 15) is 9.50 Å². The Bertz CT molecular complexity index is 812. The zero-order valence-electron chi connectivity index (χ0n) is 17.9. The summed E-state index contributed by atoms with van der Waals surface area (Å²) in [7, 11) is 0. The number of rotatable bonds is 8. The lowest BCUT2D eigenvalue weighted by atomic mass is 9.85. The maximum Gasteiger partial charge on any atom is 0.157 e. The molecule has 2 heterocycles. The van der Waals surface area contributed by atoms with Gasteiger partial charge in [-0.25, -0.2) is 4.39 Å². The minimum absolute atomic E-state index is 0.0898. The highest BCUT2D eigenvalue weighted by molar-refractivity contribution is 5.73. The van der Waals surface area contributed by atoms with Crippen LogP contribution in [0.2, 0.25) is 0 Å². The highest BCUT2D eigenvalue weighted by Crippen LogP contribution is 2.37. The molecule has 2 aromatic rings. The minimum Gasteiger partial charge on any atom is -0.392 e. The van der Waals surface area contributed by atoms with Gasteiger partial charge in [-0.1, -0.05) is 39.8 Å². The fourth-order valence-corrected chi connectivity index (χ4v) is 4.06. The molecule has 0 spiro atoms. The number of aliphatic hydroxyl groups excluding tert-OH is 1. The molecule has 4 nitrogen and oxygen atoms in total. The lowest BCUT2D eigenvalue weighted by Crippen LogP contribution is -2.13. The van der Waals surface area contributed by atoms with Crippen LogP contribution in [0.4, 0.5) is 4.39 Å². The number of hydrogen-bond acceptors (Lipinski definition) is 4. The fourth-order valence-electron chi connectivity index (χ4n) is 4.06. The Morgan fingerprint density at radius 1 is 1.00 bits per heavy atom. The third kappa shape index (κ3) is 5.03. The SMILES string of the molecule is CC(C)c1nc(C(C)C)c(CCCC2OCCO2)c(-c2ccc(F)cc2)c1CO. The number of hydrogen-bond donors (Lipinski definition) is 1. The van der Waals surface area contributed by atoms with Gasteiger partial charge in [0.1, 0.15) is 5.82 Å². The van der Waals surface area contributed by atoms with Crippen LogP contribution in [-0.4, -0.2) is 29.6 Å². The average Bonchev–Trinajstić information content (AvgIpc) is 3.21. The quantitative estimate of drug-likeness (QED) is 0.650. The highest BCUT2D eigenvalue weighted by Gasteiger charge is 2.24. The normalized spacial score (nSPS) is 15.0. The van der Waals surface area contributed by atoms with Gasteiger partial charge in [0.05, 0.1) is 19.8 Å². The molecule has 0 unspecified atom stereocenters. The van der Waals surface area contributed by atoms with Crippen molar-refractivity contribution < 1.29 is 19.0 Å². The van der Waals surface area contributed by atoms with Crippen molar-refractivity contribution >= 4 is 0 Å². The summed E-state index contributed by atoms with van der Waals surface area (Å²) in [4.78, 5) is 5.00. The van der Waals surface area contributed by atoms with Crippen LogP contribution >= 0.6 is 0 Å². The molecule has 0 saturated carbocycles. The van der Waals surface area contributed by atoms with Crippen molar-refractivity contribution in [3.8, 4) is 11.1 Å². The number of ether oxygens (including phenoxy) is 2. The number of benzene rings is 1. The summed E-state index contributed by atoms with van der Waals surface area (Å²) in [6, 6.07) is 6.55. The summed E-state index contributed by atoms with van der Waals surface area (Å²) in [6.45, 7) is 9.69. The van der Waals surface area contributed by atoms with Crippen molar-refractivity contribution in [1.29, 1.82) is 0 Å². The summed E-state index contributed by atoms with van der Waals surface area (Å²) in [5.74, 6) is 0.162. The molecule has 1 aromatic carbocycles. The van der Waals surface area contributed by atoms with Gasteiger partial charge in [-0.05, 0) is 59.9 Å². The monoisotopic (exact) mass is 401 g/mol. The summed E-state index contributed by atoms with van der Waals surface area (Å²) in [5, 5.41) is 10.3. The second kappa shape index (κ2) is 9.79. The number of aliphatic hydroxyl groups is 1. The zero-order valence-corrected chi connectivity index (χ0v) is 17.9. The molecule has 1 aromatic heterocycles. The van der Waals surface area contributed by atoms with Gasteiger partial charge in [0.25, 0.3) is 0 Å². The minimum atomic E-state index is -0.265. The molecule has 3 rings (SSSR count). The molecule has 29 heavy (non-hydrogen) atoms. The molecule has 1 aliphatic rings. The van der Waals surface area contributed by atoms with Gasteiger partial charge < -0.3 is 14.6 Å². The molecule has 0 bridgehead atoms. The van der Waals surface area contributed by atoms with Crippen molar-refractivity contribution in [2.24, 2.45) is 0 Å². The first-order valence-corrected chi connectivity index (χ1v) is 10.6. The number of aromatic nitrogens is 1. The average molecular weight is 402 g/mol. The van der Waals surface area contributed by atoms with Gasteiger partial charge in [0.2, 0.25) is 0 Å².